The second-order valence-corrected chi connectivity index (χ2v) is 6.24. The lowest BCUT2D eigenvalue weighted by atomic mass is 10.1. The first-order chi connectivity index (χ1) is 12.2. The number of likely N-dealkylation sites (tertiary alicyclic amines) is 1. The van der Waals surface area contributed by atoms with Crippen LogP contribution in [0.3, 0.4) is 0 Å². The van der Waals surface area contributed by atoms with Crippen molar-refractivity contribution in [1.29, 1.82) is 0 Å². The highest BCUT2D eigenvalue weighted by atomic mass is 16.2. The quantitative estimate of drug-likeness (QED) is 0.711. The molecule has 2 aromatic heterocycles. The molecule has 0 aliphatic carbocycles. The van der Waals surface area contributed by atoms with Gasteiger partial charge in [-0.05, 0) is 6.42 Å². The molecule has 128 valence electrons. The summed E-state index contributed by atoms with van der Waals surface area (Å²) in [7, 11) is 2.01. The molecule has 25 heavy (non-hydrogen) atoms. The molecule has 0 bridgehead atoms. The smallest absolute Gasteiger partial charge is 0.254 e. The Morgan fingerprint density at radius 2 is 2.08 bits per heavy atom. The number of hydrogen-bond acceptors (Lipinski definition) is 5. The third-order valence-electron chi connectivity index (χ3n) is 4.57. The molecule has 1 saturated heterocycles. The summed E-state index contributed by atoms with van der Waals surface area (Å²) in [4.78, 5) is 24.7. The number of amides is 1. The second-order valence-electron chi connectivity index (χ2n) is 6.24. The number of aromatic nitrogens is 4. The molecule has 7 heteroatoms. The van der Waals surface area contributed by atoms with Crippen LogP contribution in [0.2, 0.25) is 0 Å². The SMILES string of the molecule is CN(CCN1CCCC1=O)c1cc(-c2ccccc2)nc2ncnn12. The van der Waals surface area contributed by atoms with Crippen molar-refractivity contribution in [2.75, 3.05) is 31.6 Å². The largest absolute Gasteiger partial charge is 0.358 e. The lowest BCUT2D eigenvalue weighted by Gasteiger charge is -2.23. The van der Waals surface area contributed by atoms with Crippen LogP contribution < -0.4 is 4.90 Å². The van der Waals surface area contributed by atoms with Gasteiger partial charge in [-0.2, -0.15) is 14.6 Å². The predicted octanol–water partition coefficient (Wildman–Crippen LogP) is 1.85. The summed E-state index contributed by atoms with van der Waals surface area (Å²) in [5.74, 6) is 1.73. The van der Waals surface area contributed by atoms with Crippen LogP contribution in [0.25, 0.3) is 17.0 Å². The molecule has 7 nitrogen and oxygen atoms in total. The number of carbonyl (C=O) groups excluding carboxylic acids is 1. The van der Waals surface area contributed by atoms with Crippen molar-refractivity contribution in [2.24, 2.45) is 0 Å². The van der Waals surface area contributed by atoms with Gasteiger partial charge in [0.15, 0.2) is 0 Å². The third-order valence-corrected chi connectivity index (χ3v) is 4.57. The minimum absolute atomic E-state index is 0.249. The Bertz CT molecular complexity index is 891. The fourth-order valence-electron chi connectivity index (χ4n) is 3.15. The maximum absolute atomic E-state index is 11.8. The van der Waals surface area contributed by atoms with E-state index in [-0.39, 0.29) is 5.91 Å². The van der Waals surface area contributed by atoms with Crippen molar-refractivity contribution in [3.8, 4) is 11.3 Å². The normalized spacial score (nSPS) is 14.4. The average molecular weight is 336 g/mol. The fourth-order valence-corrected chi connectivity index (χ4v) is 3.15. The van der Waals surface area contributed by atoms with Gasteiger partial charge in [-0.25, -0.2) is 4.98 Å². The van der Waals surface area contributed by atoms with E-state index in [1.165, 1.54) is 6.33 Å². The van der Waals surface area contributed by atoms with Crippen molar-refractivity contribution in [3.05, 3.63) is 42.7 Å². The van der Waals surface area contributed by atoms with Gasteiger partial charge in [0.05, 0.1) is 5.69 Å². The van der Waals surface area contributed by atoms with E-state index >= 15 is 0 Å². The van der Waals surface area contributed by atoms with Crippen LogP contribution >= 0.6 is 0 Å². The summed E-state index contributed by atoms with van der Waals surface area (Å²) in [6.45, 7) is 2.31. The zero-order valence-electron chi connectivity index (χ0n) is 14.2. The fraction of sp³-hybridized carbons (Fsp3) is 0.333. The Hall–Kier alpha value is -2.96. The molecule has 0 N–H and O–H groups in total. The van der Waals surface area contributed by atoms with Crippen LogP contribution in [-0.2, 0) is 4.79 Å². The number of anilines is 1. The van der Waals surface area contributed by atoms with E-state index in [2.05, 4.69) is 20.0 Å². The van der Waals surface area contributed by atoms with Crippen molar-refractivity contribution in [2.45, 2.75) is 12.8 Å². The molecule has 3 heterocycles. The van der Waals surface area contributed by atoms with Crippen LogP contribution in [0.4, 0.5) is 5.82 Å². The van der Waals surface area contributed by atoms with Crippen molar-refractivity contribution >= 4 is 17.5 Å². The first kappa shape index (κ1) is 15.6. The molecule has 1 amide bonds. The molecule has 0 unspecified atom stereocenters. The van der Waals surface area contributed by atoms with Crippen molar-refractivity contribution in [1.82, 2.24) is 24.5 Å². The minimum atomic E-state index is 0.249. The number of hydrogen-bond donors (Lipinski definition) is 0. The van der Waals surface area contributed by atoms with Crippen molar-refractivity contribution in [3.63, 3.8) is 0 Å². The molecular formula is C18H20N6O. The van der Waals surface area contributed by atoms with Gasteiger partial charge in [-0.3, -0.25) is 4.79 Å². The molecule has 3 aromatic rings. The van der Waals surface area contributed by atoms with Gasteiger partial charge in [-0.1, -0.05) is 30.3 Å². The summed E-state index contributed by atoms with van der Waals surface area (Å²) in [6.07, 6.45) is 3.15. The van der Waals surface area contributed by atoms with Crippen molar-refractivity contribution < 1.29 is 4.79 Å². The predicted molar refractivity (Wildman–Crippen MR) is 95.3 cm³/mol. The third kappa shape index (κ3) is 3.05. The number of rotatable bonds is 5. The average Bonchev–Trinajstić information content (AvgIpc) is 3.28. The summed E-state index contributed by atoms with van der Waals surface area (Å²) < 4.78 is 1.73. The summed E-state index contributed by atoms with van der Waals surface area (Å²) >= 11 is 0. The number of carbonyl (C=O) groups is 1. The van der Waals surface area contributed by atoms with E-state index in [0.717, 1.165) is 36.6 Å². The van der Waals surface area contributed by atoms with E-state index in [4.69, 9.17) is 0 Å². The number of nitrogens with zero attached hydrogens (tertiary/aromatic N) is 6. The highest BCUT2D eigenvalue weighted by Gasteiger charge is 2.20. The lowest BCUT2D eigenvalue weighted by molar-refractivity contribution is -0.127. The number of likely N-dealkylation sites (N-methyl/N-ethyl adjacent to an activating group) is 1. The zero-order valence-corrected chi connectivity index (χ0v) is 14.2. The summed E-state index contributed by atoms with van der Waals surface area (Å²) in [5.41, 5.74) is 1.90. The topological polar surface area (TPSA) is 66.6 Å². The van der Waals surface area contributed by atoms with Gasteiger partial charge in [0, 0.05) is 44.7 Å². The molecule has 0 saturated carbocycles. The Morgan fingerprint density at radius 3 is 2.84 bits per heavy atom. The van der Waals surface area contributed by atoms with Gasteiger partial charge in [0.25, 0.3) is 5.78 Å². The lowest BCUT2D eigenvalue weighted by Crippen LogP contribution is -2.34. The van der Waals surface area contributed by atoms with Gasteiger partial charge in [0.2, 0.25) is 5.91 Å². The van der Waals surface area contributed by atoms with Crippen LogP contribution in [0.1, 0.15) is 12.8 Å². The van der Waals surface area contributed by atoms with E-state index < -0.39 is 0 Å². The van der Waals surface area contributed by atoms with E-state index in [1.54, 1.807) is 4.52 Å². The van der Waals surface area contributed by atoms with Crippen LogP contribution in [-0.4, -0.2) is 57.1 Å². The molecule has 0 spiro atoms. The number of benzene rings is 1. The minimum Gasteiger partial charge on any atom is -0.358 e. The molecule has 4 rings (SSSR count). The van der Waals surface area contributed by atoms with Gasteiger partial charge >= 0.3 is 0 Å². The number of fused-ring (bicyclic) bond motifs is 1. The van der Waals surface area contributed by atoms with E-state index in [9.17, 15) is 4.79 Å². The molecule has 1 aliphatic heterocycles. The molecular weight excluding hydrogens is 316 g/mol. The van der Waals surface area contributed by atoms with Gasteiger partial charge in [-0.15, -0.1) is 0 Å². The molecule has 0 radical (unpaired) electrons. The second kappa shape index (κ2) is 6.51. The Balaban J connectivity index is 1.63. The van der Waals surface area contributed by atoms with Gasteiger partial charge < -0.3 is 9.80 Å². The maximum atomic E-state index is 11.8. The molecule has 1 fully saturated rings. The Kier molecular flexibility index (Phi) is 4.05. The van der Waals surface area contributed by atoms with Crippen LogP contribution in [0.5, 0.6) is 0 Å². The van der Waals surface area contributed by atoms with Crippen LogP contribution in [0.15, 0.2) is 42.7 Å². The molecule has 0 atom stereocenters. The van der Waals surface area contributed by atoms with E-state index in [1.807, 2.05) is 48.3 Å². The molecule has 1 aliphatic rings. The highest BCUT2D eigenvalue weighted by Crippen LogP contribution is 2.23. The Morgan fingerprint density at radius 1 is 1.24 bits per heavy atom. The summed E-state index contributed by atoms with van der Waals surface area (Å²) in [5, 5.41) is 4.29. The maximum Gasteiger partial charge on any atom is 0.254 e. The summed E-state index contributed by atoms with van der Waals surface area (Å²) in [6, 6.07) is 12.0. The Labute approximate surface area is 145 Å². The van der Waals surface area contributed by atoms with E-state index in [0.29, 0.717) is 18.7 Å². The zero-order chi connectivity index (χ0) is 17.2. The standard InChI is InChI=1S/C18H20N6O/c1-22(10-11-23-9-5-8-17(23)25)16-12-15(14-6-3-2-4-7-14)21-18-19-13-20-24(16)18/h2-4,6-7,12-13H,5,8-11H2,1H3. The molecule has 1 aromatic carbocycles. The van der Waals surface area contributed by atoms with Crippen LogP contribution in [0, 0.1) is 0 Å². The first-order valence-corrected chi connectivity index (χ1v) is 8.47. The monoisotopic (exact) mass is 336 g/mol. The van der Waals surface area contributed by atoms with Gasteiger partial charge in [0.1, 0.15) is 12.1 Å². The first-order valence-electron chi connectivity index (χ1n) is 8.47. The highest BCUT2D eigenvalue weighted by molar-refractivity contribution is 5.78.